The van der Waals surface area contributed by atoms with Crippen LogP contribution < -0.4 is 5.32 Å². The summed E-state index contributed by atoms with van der Waals surface area (Å²) in [5.41, 5.74) is 1.13. The van der Waals surface area contributed by atoms with Crippen LogP contribution in [0.1, 0.15) is 17.1 Å². The molecule has 1 aliphatic rings. The lowest BCUT2D eigenvalue weighted by Crippen LogP contribution is -2.40. The molecule has 3 nitrogen and oxygen atoms in total. The summed E-state index contributed by atoms with van der Waals surface area (Å²) in [6.07, 6.45) is 1.62. The Morgan fingerprint density at radius 2 is 2.57 bits per heavy atom. The predicted molar refractivity (Wildman–Crippen MR) is 57.5 cm³/mol. The van der Waals surface area contributed by atoms with E-state index in [1.54, 1.807) is 11.3 Å². The van der Waals surface area contributed by atoms with Gasteiger partial charge >= 0.3 is 0 Å². The molecule has 2 rings (SSSR count). The second-order valence-electron chi connectivity index (χ2n) is 3.88. The fourth-order valence-electron chi connectivity index (χ4n) is 1.89. The third-order valence-corrected chi connectivity index (χ3v) is 3.53. The Morgan fingerprint density at radius 3 is 3.21 bits per heavy atom. The van der Waals surface area contributed by atoms with Crippen LogP contribution in [0.5, 0.6) is 0 Å². The molecule has 0 spiro atoms. The topological polar surface area (TPSA) is 45.2 Å². The summed E-state index contributed by atoms with van der Waals surface area (Å²) in [5.74, 6) is 0.338. The maximum absolute atomic E-state index is 9.77. The normalized spacial score (nSPS) is 27.9. The monoisotopic (exact) mass is 212 g/mol. The van der Waals surface area contributed by atoms with Crippen LogP contribution in [0.15, 0.2) is 5.38 Å². The summed E-state index contributed by atoms with van der Waals surface area (Å²) in [5, 5.41) is 16.3. The highest BCUT2D eigenvalue weighted by Crippen LogP contribution is 2.18. The molecule has 2 atom stereocenters. The molecule has 4 heteroatoms. The standard InChI is InChI=1S/C10H16N2OS/c1-7-12-9(6-14-7)4-8-5-11-3-2-10(8)13/h6,8,10-11,13H,2-5H2,1H3. The molecule has 14 heavy (non-hydrogen) atoms. The predicted octanol–water partition coefficient (Wildman–Crippen LogP) is 0.964. The molecule has 1 aromatic rings. The number of aromatic nitrogens is 1. The van der Waals surface area contributed by atoms with E-state index in [1.165, 1.54) is 0 Å². The fourth-order valence-corrected chi connectivity index (χ4v) is 2.51. The van der Waals surface area contributed by atoms with Crippen molar-refractivity contribution in [1.82, 2.24) is 10.3 Å². The van der Waals surface area contributed by atoms with Gasteiger partial charge in [-0.25, -0.2) is 4.98 Å². The first kappa shape index (κ1) is 10.1. The minimum absolute atomic E-state index is 0.154. The molecular weight excluding hydrogens is 196 g/mol. The number of aliphatic hydroxyl groups is 1. The number of aryl methyl sites for hydroxylation is 1. The second kappa shape index (κ2) is 4.38. The van der Waals surface area contributed by atoms with E-state index in [1.807, 2.05) is 6.92 Å². The Morgan fingerprint density at radius 1 is 1.71 bits per heavy atom. The van der Waals surface area contributed by atoms with E-state index >= 15 is 0 Å². The summed E-state index contributed by atoms with van der Waals surface area (Å²) >= 11 is 1.68. The van der Waals surface area contributed by atoms with Crippen LogP contribution >= 0.6 is 11.3 Å². The Hall–Kier alpha value is -0.450. The minimum atomic E-state index is -0.154. The molecule has 0 amide bonds. The molecule has 78 valence electrons. The van der Waals surface area contributed by atoms with Crippen molar-refractivity contribution in [2.75, 3.05) is 13.1 Å². The average Bonchev–Trinajstić information content (AvgIpc) is 2.56. The van der Waals surface area contributed by atoms with Crippen LogP contribution in [0.4, 0.5) is 0 Å². The van der Waals surface area contributed by atoms with Gasteiger partial charge in [-0.05, 0) is 26.3 Å². The molecule has 1 aromatic heterocycles. The van der Waals surface area contributed by atoms with Crippen molar-refractivity contribution in [2.24, 2.45) is 5.92 Å². The number of piperidine rings is 1. The molecule has 2 unspecified atom stereocenters. The zero-order valence-corrected chi connectivity index (χ0v) is 9.18. The van der Waals surface area contributed by atoms with Crippen molar-refractivity contribution in [3.63, 3.8) is 0 Å². The number of nitrogens with zero attached hydrogens (tertiary/aromatic N) is 1. The first-order valence-corrected chi connectivity index (χ1v) is 5.93. The van der Waals surface area contributed by atoms with Gasteiger partial charge in [-0.15, -0.1) is 11.3 Å². The number of nitrogens with one attached hydrogen (secondary N) is 1. The molecule has 0 bridgehead atoms. The van der Waals surface area contributed by atoms with Crippen LogP contribution in [0.3, 0.4) is 0 Å². The van der Waals surface area contributed by atoms with E-state index in [0.29, 0.717) is 5.92 Å². The van der Waals surface area contributed by atoms with Crippen molar-refractivity contribution in [3.05, 3.63) is 16.1 Å². The third kappa shape index (κ3) is 2.32. The zero-order valence-electron chi connectivity index (χ0n) is 8.36. The molecule has 0 aromatic carbocycles. The van der Waals surface area contributed by atoms with Crippen LogP contribution in [0.25, 0.3) is 0 Å². The van der Waals surface area contributed by atoms with Gasteiger partial charge in [0, 0.05) is 17.8 Å². The van der Waals surface area contributed by atoms with Crippen molar-refractivity contribution >= 4 is 11.3 Å². The molecule has 0 saturated carbocycles. The number of aliphatic hydroxyl groups excluding tert-OH is 1. The van der Waals surface area contributed by atoms with Crippen molar-refractivity contribution < 1.29 is 5.11 Å². The Bertz CT molecular complexity index is 300. The van der Waals surface area contributed by atoms with Gasteiger partial charge in [0.05, 0.1) is 16.8 Å². The largest absolute Gasteiger partial charge is 0.393 e. The third-order valence-electron chi connectivity index (χ3n) is 2.71. The van der Waals surface area contributed by atoms with E-state index in [9.17, 15) is 5.11 Å². The molecule has 0 aliphatic carbocycles. The first-order chi connectivity index (χ1) is 6.75. The van der Waals surface area contributed by atoms with Gasteiger partial charge in [0.25, 0.3) is 0 Å². The number of thiazole rings is 1. The lowest BCUT2D eigenvalue weighted by atomic mass is 9.92. The molecule has 2 heterocycles. The smallest absolute Gasteiger partial charge is 0.0897 e. The van der Waals surface area contributed by atoms with Gasteiger partial charge in [0.15, 0.2) is 0 Å². The molecule has 0 radical (unpaired) electrons. The fraction of sp³-hybridized carbons (Fsp3) is 0.700. The van der Waals surface area contributed by atoms with Gasteiger partial charge in [-0.1, -0.05) is 0 Å². The zero-order chi connectivity index (χ0) is 9.97. The van der Waals surface area contributed by atoms with Gasteiger partial charge in [-0.3, -0.25) is 0 Å². The highest BCUT2D eigenvalue weighted by molar-refractivity contribution is 7.09. The molecule has 1 aliphatic heterocycles. The van der Waals surface area contributed by atoms with Crippen LogP contribution in [-0.2, 0) is 6.42 Å². The highest BCUT2D eigenvalue weighted by atomic mass is 32.1. The Labute approximate surface area is 88.2 Å². The minimum Gasteiger partial charge on any atom is -0.393 e. The molecule has 2 N–H and O–H groups in total. The highest BCUT2D eigenvalue weighted by Gasteiger charge is 2.23. The van der Waals surface area contributed by atoms with Gasteiger partial charge < -0.3 is 10.4 Å². The number of hydrogen-bond acceptors (Lipinski definition) is 4. The number of hydrogen-bond donors (Lipinski definition) is 2. The molecular formula is C10H16N2OS. The van der Waals surface area contributed by atoms with E-state index in [4.69, 9.17) is 0 Å². The van der Waals surface area contributed by atoms with E-state index in [-0.39, 0.29) is 6.10 Å². The SMILES string of the molecule is Cc1nc(CC2CNCCC2O)cs1. The Kier molecular flexibility index (Phi) is 3.15. The summed E-state index contributed by atoms with van der Waals surface area (Å²) < 4.78 is 0. The van der Waals surface area contributed by atoms with Gasteiger partial charge in [0.2, 0.25) is 0 Å². The first-order valence-electron chi connectivity index (χ1n) is 5.05. The lowest BCUT2D eigenvalue weighted by molar-refractivity contribution is 0.0787. The molecule has 1 fully saturated rings. The maximum Gasteiger partial charge on any atom is 0.0897 e. The van der Waals surface area contributed by atoms with E-state index in [0.717, 1.165) is 36.6 Å². The maximum atomic E-state index is 9.77. The van der Waals surface area contributed by atoms with Gasteiger partial charge in [-0.2, -0.15) is 0 Å². The van der Waals surface area contributed by atoms with E-state index < -0.39 is 0 Å². The summed E-state index contributed by atoms with van der Waals surface area (Å²) in [6.45, 7) is 3.87. The second-order valence-corrected chi connectivity index (χ2v) is 4.94. The van der Waals surface area contributed by atoms with E-state index in [2.05, 4.69) is 15.7 Å². The van der Waals surface area contributed by atoms with Gasteiger partial charge in [0.1, 0.15) is 0 Å². The van der Waals surface area contributed by atoms with Crippen LogP contribution in [0.2, 0.25) is 0 Å². The Balaban J connectivity index is 1.95. The summed E-state index contributed by atoms with van der Waals surface area (Å²) in [7, 11) is 0. The summed E-state index contributed by atoms with van der Waals surface area (Å²) in [4.78, 5) is 4.42. The van der Waals surface area contributed by atoms with Crippen molar-refractivity contribution in [2.45, 2.75) is 25.9 Å². The van der Waals surface area contributed by atoms with Crippen LogP contribution in [-0.4, -0.2) is 29.3 Å². The lowest BCUT2D eigenvalue weighted by Gasteiger charge is -2.27. The van der Waals surface area contributed by atoms with Crippen molar-refractivity contribution in [1.29, 1.82) is 0 Å². The number of rotatable bonds is 2. The van der Waals surface area contributed by atoms with Crippen molar-refractivity contribution in [3.8, 4) is 0 Å². The summed E-state index contributed by atoms with van der Waals surface area (Å²) in [6, 6.07) is 0. The molecule has 1 saturated heterocycles. The quantitative estimate of drug-likeness (QED) is 0.767. The van der Waals surface area contributed by atoms with Crippen LogP contribution in [0, 0.1) is 12.8 Å². The average molecular weight is 212 g/mol.